The first-order valence-corrected chi connectivity index (χ1v) is 11.4. The van der Waals surface area contributed by atoms with Gasteiger partial charge in [0.1, 0.15) is 9.96 Å². The van der Waals surface area contributed by atoms with E-state index in [-0.39, 0.29) is 6.54 Å². The van der Waals surface area contributed by atoms with Gasteiger partial charge in [0.25, 0.3) is 10.0 Å². The average Bonchev–Trinajstić information content (AvgIpc) is 3.22. The van der Waals surface area contributed by atoms with Crippen LogP contribution < -0.4 is 9.04 Å². The van der Waals surface area contributed by atoms with Gasteiger partial charge in [0, 0.05) is 4.90 Å². The Balaban J connectivity index is 2.06. The van der Waals surface area contributed by atoms with E-state index in [0.717, 1.165) is 10.5 Å². The molecule has 3 rings (SSSR count). The number of thiophene rings is 1. The molecule has 136 valence electrons. The van der Waals surface area contributed by atoms with Crippen LogP contribution in [0.5, 0.6) is 5.75 Å². The summed E-state index contributed by atoms with van der Waals surface area (Å²) in [5.41, 5.74) is 1.44. The highest BCUT2D eigenvalue weighted by Crippen LogP contribution is 2.34. The lowest BCUT2D eigenvalue weighted by atomic mass is 10.2. The number of ether oxygens (including phenoxy) is 1. The number of hydrogen-bond donors (Lipinski definition) is 0. The van der Waals surface area contributed by atoms with Gasteiger partial charge < -0.3 is 4.74 Å². The fourth-order valence-electron chi connectivity index (χ4n) is 2.55. The number of nitrogens with zero attached hydrogens (tertiary/aromatic N) is 1. The molecule has 0 N–H and O–H groups in total. The largest absolute Gasteiger partial charge is 0.495 e. The van der Waals surface area contributed by atoms with E-state index in [2.05, 4.69) is 0 Å². The van der Waals surface area contributed by atoms with Crippen molar-refractivity contribution in [3.8, 4) is 5.75 Å². The maximum Gasteiger partial charge on any atom is 0.274 e. The zero-order valence-electron chi connectivity index (χ0n) is 14.5. The van der Waals surface area contributed by atoms with Crippen LogP contribution in [0.4, 0.5) is 5.69 Å². The van der Waals surface area contributed by atoms with Crippen molar-refractivity contribution in [2.24, 2.45) is 0 Å². The molecule has 0 aliphatic heterocycles. The molecular formula is C19H19NO3S3. The second-order valence-electron chi connectivity index (χ2n) is 5.46. The minimum atomic E-state index is -3.69. The van der Waals surface area contributed by atoms with Crippen LogP contribution in [0, 0.1) is 0 Å². The highest BCUT2D eigenvalue weighted by Gasteiger charge is 2.28. The summed E-state index contributed by atoms with van der Waals surface area (Å²) in [5, 5.41) is 1.76. The first kappa shape index (κ1) is 18.8. The second-order valence-corrected chi connectivity index (χ2v) is 9.38. The van der Waals surface area contributed by atoms with Crippen molar-refractivity contribution in [3.05, 3.63) is 71.6 Å². The molecule has 7 heteroatoms. The van der Waals surface area contributed by atoms with Crippen molar-refractivity contribution in [2.45, 2.75) is 15.6 Å². The summed E-state index contributed by atoms with van der Waals surface area (Å²) in [6.45, 7) is 0.231. The molecule has 2 aromatic carbocycles. The number of thioether (sulfide) groups is 1. The van der Waals surface area contributed by atoms with E-state index >= 15 is 0 Å². The van der Waals surface area contributed by atoms with E-state index in [1.54, 1.807) is 48.5 Å². The lowest BCUT2D eigenvalue weighted by molar-refractivity contribution is 0.415. The highest BCUT2D eigenvalue weighted by atomic mass is 32.2. The molecule has 3 aromatic rings. The van der Waals surface area contributed by atoms with Gasteiger partial charge in [-0.2, -0.15) is 0 Å². The number of para-hydroxylation sites is 2. The fraction of sp³-hybridized carbons (Fsp3) is 0.158. The zero-order chi connectivity index (χ0) is 18.6. The van der Waals surface area contributed by atoms with Crippen molar-refractivity contribution in [2.75, 3.05) is 17.7 Å². The van der Waals surface area contributed by atoms with Gasteiger partial charge in [0.2, 0.25) is 0 Å². The van der Waals surface area contributed by atoms with Crippen LogP contribution in [0.15, 0.2) is 75.1 Å². The Hall–Kier alpha value is -1.96. The molecule has 0 amide bonds. The van der Waals surface area contributed by atoms with Crippen LogP contribution in [-0.2, 0) is 16.6 Å². The molecular weight excluding hydrogens is 386 g/mol. The average molecular weight is 406 g/mol. The van der Waals surface area contributed by atoms with Crippen molar-refractivity contribution < 1.29 is 13.2 Å². The summed E-state index contributed by atoms with van der Waals surface area (Å²) < 4.78 is 33.7. The van der Waals surface area contributed by atoms with Gasteiger partial charge in [-0.05, 0) is 47.5 Å². The van der Waals surface area contributed by atoms with Gasteiger partial charge in [-0.25, -0.2) is 8.42 Å². The Morgan fingerprint density at radius 3 is 2.38 bits per heavy atom. The van der Waals surface area contributed by atoms with Gasteiger partial charge >= 0.3 is 0 Å². The Morgan fingerprint density at radius 1 is 1.04 bits per heavy atom. The van der Waals surface area contributed by atoms with Gasteiger partial charge in [0.15, 0.2) is 0 Å². The quantitative estimate of drug-likeness (QED) is 0.526. The van der Waals surface area contributed by atoms with Crippen molar-refractivity contribution in [3.63, 3.8) is 0 Å². The van der Waals surface area contributed by atoms with Gasteiger partial charge in [-0.15, -0.1) is 23.1 Å². The van der Waals surface area contributed by atoms with Crippen LogP contribution in [0.2, 0.25) is 0 Å². The van der Waals surface area contributed by atoms with E-state index in [1.807, 2.05) is 42.7 Å². The molecule has 0 radical (unpaired) electrons. The van der Waals surface area contributed by atoms with Crippen molar-refractivity contribution in [1.82, 2.24) is 0 Å². The van der Waals surface area contributed by atoms with Crippen molar-refractivity contribution in [1.29, 1.82) is 0 Å². The van der Waals surface area contributed by atoms with E-state index in [1.165, 1.54) is 15.6 Å². The second kappa shape index (κ2) is 8.16. The molecule has 0 bridgehead atoms. The predicted molar refractivity (Wildman–Crippen MR) is 109 cm³/mol. The summed E-state index contributed by atoms with van der Waals surface area (Å²) >= 11 is 2.86. The number of methoxy groups -OCH3 is 1. The number of hydrogen-bond acceptors (Lipinski definition) is 5. The summed E-state index contributed by atoms with van der Waals surface area (Å²) in [6, 6.07) is 18.4. The first-order chi connectivity index (χ1) is 12.6. The van der Waals surface area contributed by atoms with Crippen LogP contribution in [0.25, 0.3) is 0 Å². The minimum Gasteiger partial charge on any atom is -0.495 e. The van der Waals surface area contributed by atoms with Crippen LogP contribution in [-0.4, -0.2) is 21.8 Å². The molecule has 0 atom stereocenters. The molecule has 26 heavy (non-hydrogen) atoms. The number of rotatable bonds is 7. The summed E-state index contributed by atoms with van der Waals surface area (Å²) in [7, 11) is -2.15. The molecule has 0 fully saturated rings. The summed E-state index contributed by atoms with van der Waals surface area (Å²) in [4.78, 5) is 1.14. The van der Waals surface area contributed by atoms with Crippen LogP contribution in [0.1, 0.15) is 5.56 Å². The van der Waals surface area contributed by atoms with E-state index in [0.29, 0.717) is 15.6 Å². The maximum absolute atomic E-state index is 13.3. The smallest absolute Gasteiger partial charge is 0.274 e. The minimum absolute atomic E-state index is 0.231. The maximum atomic E-state index is 13.3. The molecule has 1 heterocycles. The van der Waals surface area contributed by atoms with Crippen LogP contribution >= 0.6 is 23.1 Å². The lowest BCUT2D eigenvalue weighted by Gasteiger charge is -2.25. The Morgan fingerprint density at radius 2 is 1.77 bits per heavy atom. The third-order valence-corrected chi connectivity index (χ3v) is 7.75. The SMILES string of the molecule is COc1ccccc1N(Cc1ccc(SC)cc1)S(=O)(=O)c1cccs1. The van der Waals surface area contributed by atoms with Gasteiger partial charge in [-0.3, -0.25) is 4.31 Å². The fourth-order valence-corrected chi connectivity index (χ4v) is 5.53. The molecule has 4 nitrogen and oxygen atoms in total. The van der Waals surface area contributed by atoms with Gasteiger partial charge in [-0.1, -0.05) is 30.3 Å². The molecule has 0 saturated carbocycles. The molecule has 0 aliphatic carbocycles. The standard InChI is InChI=1S/C19H19NO3S3/c1-23-18-7-4-3-6-17(18)20(26(21,22)19-8-5-13-25-19)14-15-9-11-16(24-2)12-10-15/h3-13H,14H2,1-2H3. The molecule has 0 unspecified atom stereocenters. The molecule has 0 spiro atoms. The molecule has 1 aromatic heterocycles. The lowest BCUT2D eigenvalue weighted by Crippen LogP contribution is -2.30. The normalized spacial score (nSPS) is 11.3. The number of benzene rings is 2. The number of anilines is 1. The van der Waals surface area contributed by atoms with Crippen molar-refractivity contribution >= 4 is 38.8 Å². The Labute approximate surface area is 162 Å². The Kier molecular flexibility index (Phi) is 5.90. The summed E-state index contributed by atoms with van der Waals surface area (Å²) in [5.74, 6) is 0.522. The third kappa shape index (κ3) is 3.90. The monoisotopic (exact) mass is 405 g/mol. The molecule has 0 aliphatic rings. The van der Waals surface area contributed by atoms with E-state index in [4.69, 9.17) is 4.74 Å². The zero-order valence-corrected chi connectivity index (χ0v) is 16.9. The first-order valence-electron chi connectivity index (χ1n) is 7.88. The van der Waals surface area contributed by atoms with E-state index in [9.17, 15) is 8.42 Å². The van der Waals surface area contributed by atoms with E-state index < -0.39 is 10.0 Å². The number of sulfonamides is 1. The Bertz CT molecular complexity index is 952. The summed E-state index contributed by atoms with van der Waals surface area (Å²) in [6.07, 6.45) is 2.01. The highest BCUT2D eigenvalue weighted by molar-refractivity contribution is 7.98. The van der Waals surface area contributed by atoms with Crippen LogP contribution in [0.3, 0.4) is 0 Å². The topological polar surface area (TPSA) is 46.6 Å². The van der Waals surface area contributed by atoms with Gasteiger partial charge in [0.05, 0.1) is 19.3 Å². The third-order valence-electron chi connectivity index (χ3n) is 3.88. The molecule has 0 saturated heterocycles. The predicted octanol–water partition coefficient (Wildman–Crippen LogP) is 4.87.